The van der Waals surface area contributed by atoms with Crippen molar-refractivity contribution in [3.63, 3.8) is 0 Å². The zero-order chi connectivity index (χ0) is 19.0. The van der Waals surface area contributed by atoms with Crippen molar-refractivity contribution in [2.75, 3.05) is 0 Å². The van der Waals surface area contributed by atoms with Gasteiger partial charge in [0.2, 0.25) is 11.8 Å². The minimum atomic E-state index is -0.471. The second-order valence-corrected chi connectivity index (χ2v) is 7.33. The zero-order valence-corrected chi connectivity index (χ0v) is 15.5. The molecule has 0 atom stereocenters. The van der Waals surface area contributed by atoms with Gasteiger partial charge in [0.15, 0.2) is 5.16 Å². The number of nitro benzene ring substituents is 1. The summed E-state index contributed by atoms with van der Waals surface area (Å²) in [6, 6.07) is 7.63. The van der Waals surface area contributed by atoms with Crippen LogP contribution in [0.25, 0.3) is 21.7 Å². The van der Waals surface area contributed by atoms with Crippen LogP contribution in [0.3, 0.4) is 0 Å². The van der Waals surface area contributed by atoms with Crippen LogP contribution < -0.4 is 5.56 Å². The Morgan fingerprint density at radius 2 is 2.04 bits per heavy atom. The van der Waals surface area contributed by atoms with Crippen LogP contribution in [0.4, 0.5) is 5.69 Å². The van der Waals surface area contributed by atoms with Crippen molar-refractivity contribution < 1.29 is 9.34 Å². The van der Waals surface area contributed by atoms with Crippen molar-refractivity contribution in [1.29, 1.82) is 0 Å². The van der Waals surface area contributed by atoms with Crippen molar-refractivity contribution in [2.24, 2.45) is 7.05 Å². The maximum atomic E-state index is 12.3. The lowest BCUT2D eigenvalue weighted by Crippen LogP contribution is -2.19. The third-order valence-electron chi connectivity index (χ3n) is 3.78. The summed E-state index contributed by atoms with van der Waals surface area (Å²) in [5.74, 6) is 0.988. The Kier molecular flexibility index (Phi) is 4.46. The summed E-state index contributed by atoms with van der Waals surface area (Å²) in [4.78, 5) is 27.7. The van der Waals surface area contributed by atoms with Crippen molar-refractivity contribution in [2.45, 2.75) is 10.9 Å². The Hall–Kier alpha value is -3.05. The Morgan fingerprint density at radius 1 is 1.26 bits per heavy atom. The lowest BCUT2D eigenvalue weighted by Gasteiger charge is -2.05. The molecule has 0 aliphatic heterocycles. The largest absolute Gasteiger partial charge is 0.420 e. The van der Waals surface area contributed by atoms with E-state index < -0.39 is 4.92 Å². The number of hydrogen-bond acceptors (Lipinski definition) is 9. The fraction of sp³-hybridized carbons (Fsp3) is 0.125. The molecule has 0 saturated carbocycles. The van der Waals surface area contributed by atoms with Crippen LogP contribution in [-0.2, 0) is 12.8 Å². The standard InChI is InChI=1S/C16H11N5O4S2/c1-20-15(22)11-6-7-26-14(11)17-16(20)27-8-12-18-19-13(25-12)9-2-4-10(5-3-9)21(23)24/h2-7H,8H2,1H3. The molecule has 0 radical (unpaired) electrons. The van der Waals surface area contributed by atoms with Crippen LogP contribution in [0.2, 0.25) is 0 Å². The average Bonchev–Trinajstić information content (AvgIpc) is 3.33. The molecule has 0 saturated heterocycles. The molecule has 27 heavy (non-hydrogen) atoms. The van der Waals surface area contributed by atoms with Gasteiger partial charge in [-0.25, -0.2) is 4.98 Å². The Labute approximate surface area is 159 Å². The first-order valence-electron chi connectivity index (χ1n) is 7.67. The Bertz CT molecular complexity index is 1200. The van der Waals surface area contributed by atoms with Crippen molar-refractivity contribution >= 4 is 39.0 Å². The van der Waals surface area contributed by atoms with E-state index >= 15 is 0 Å². The maximum Gasteiger partial charge on any atom is 0.269 e. The number of non-ortho nitro benzene ring substituents is 1. The predicted molar refractivity (Wildman–Crippen MR) is 101 cm³/mol. The van der Waals surface area contributed by atoms with E-state index in [9.17, 15) is 14.9 Å². The highest BCUT2D eigenvalue weighted by atomic mass is 32.2. The topological polar surface area (TPSA) is 117 Å². The van der Waals surface area contributed by atoms with E-state index in [0.717, 1.165) is 0 Å². The molecule has 11 heteroatoms. The van der Waals surface area contributed by atoms with Gasteiger partial charge in [0.25, 0.3) is 11.2 Å². The van der Waals surface area contributed by atoms with Gasteiger partial charge in [-0.2, -0.15) is 0 Å². The molecule has 4 rings (SSSR count). The molecule has 0 fully saturated rings. The monoisotopic (exact) mass is 401 g/mol. The maximum absolute atomic E-state index is 12.3. The fourth-order valence-corrected chi connectivity index (χ4v) is 4.00. The van der Waals surface area contributed by atoms with Crippen LogP contribution in [0, 0.1) is 10.1 Å². The van der Waals surface area contributed by atoms with E-state index in [1.165, 1.54) is 39.8 Å². The number of rotatable bonds is 5. The molecule has 4 aromatic rings. The molecular formula is C16H11N5O4S2. The molecule has 9 nitrogen and oxygen atoms in total. The number of thiophene rings is 1. The molecule has 0 aliphatic rings. The quantitative estimate of drug-likeness (QED) is 0.216. The molecule has 136 valence electrons. The molecule has 0 bridgehead atoms. The SMILES string of the molecule is Cn1c(SCc2nnc(-c3ccc([N+](=O)[O-])cc3)o2)nc2sccc2c1=O. The first-order chi connectivity index (χ1) is 13.0. The number of aromatic nitrogens is 4. The molecule has 0 unspecified atom stereocenters. The van der Waals surface area contributed by atoms with Gasteiger partial charge in [-0.15, -0.1) is 21.5 Å². The van der Waals surface area contributed by atoms with Gasteiger partial charge in [-0.05, 0) is 23.6 Å². The number of hydrogen-bond donors (Lipinski definition) is 0. The van der Waals surface area contributed by atoms with Gasteiger partial charge in [0, 0.05) is 24.7 Å². The van der Waals surface area contributed by atoms with E-state index in [4.69, 9.17) is 4.42 Å². The van der Waals surface area contributed by atoms with Crippen molar-refractivity contribution in [3.8, 4) is 11.5 Å². The van der Waals surface area contributed by atoms with E-state index in [2.05, 4.69) is 15.2 Å². The lowest BCUT2D eigenvalue weighted by atomic mass is 10.2. The summed E-state index contributed by atoms with van der Waals surface area (Å²) in [5.41, 5.74) is 0.487. The molecule has 0 aliphatic carbocycles. The summed E-state index contributed by atoms with van der Waals surface area (Å²) in [6.07, 6.45) is 0. The Morgan fingerprint density at radius 3 is 2.78 bits per heavy atom. The molecule has 1 aromatic carbocycles. The second-order valence-electron chi connectivity index (χ2n) is 5.49. The number of thioether (sulfide) groups is 1. The summed E-state index contributed by atoms with van der Waals surface area (Å²) in [5, 5.41) is 21.7. The minimum Gasteiger partial charge on any atom is -0.420 e. The van der Waals surface area contributed by atoms with Crippen LogP contribution in [-0.4, -0.2) is 24.7 Å². The second kappa shape index (κ2) is 6.93. The fourth-order valence-electron chi connectivity index (χ4n) is 2.39. The van der Waals surface area contributed by atoms with Gasteiger partial charge >= 0.3 is 0 Å². The molecule has 0 N–H and O–H groups in total. The molecular weight excluding hydrogens is 390 g/mol. The highest BCUT2D eigenvalue weighted by Gasteiger charge is 2.14. The molecule has 3 aromatic heterocycles. The normalized spacial score (nSPS) is 11.1. The number of fused-ring (bicyclic) bond motifs is 1. The summed E-state index contributed by atoms with van der Waals surface area (Å²) >= 11 is 2.73. The summed E-state index contributed by atoms with van der Waals surface area (Å²) in [7, 11) is 1.67. The van der Waals surface area contributed by atoms with E-state index in [-0.39, 0.29) is 17.1 Å². The van der Waals surface area contributed by atoms with Gasteiger partial charge in [0.05, 0.1) is 16.1 Å². The van der Waals surface area contributed by atoms with E-state index in [1.54, 1.807) is 25.2 Å². The van der Waals surface area contributed by atoms with Crippen molar-refractivity contribution in [3.05, 3.63) is 62.1 Å². The smallest absolute Gasteiger partial charge is 0.269 e. The summed E-state index contributed by atoms with van der Waals surface area (Å²) < 4.78 is 7.10. The predicted octanol–water partition coefficient (Wildman–Crippen LogP) is 3.25. The minimum absolute atomic E-state index is 0.00925. The van der Waals surface area contributed by atoms with Gasteiger partial charge < -0.3 is 4.42 Å². The first-order valence-corrected chi connectivity index (χ1v) is 9.53. The van der Waals surface area contributed by atoms with Gasteiger partial charge in [0.1, 0.15) is 4.83 Å². The molecule has 3 heterocycles. The van der Waals surface area contributed by atoms with E-state index in [1.807, 2.05) is 5.38 Å². The third-order valence-corrected chi connectivity index (χ3v) is 5.60. The molecule has 0 spiro atoms. The number of nitro groups is 1. The average molecular weight is 401 g/mol. The summed E-state index contributed by atoms with van der Waals surface area (Å²) in [6.45, 7) is 0. The van der Waals surface area contributed by atoms with Crippen molar-refractivity contribution in [1.82, 2.24) is 19.7 Å². The van der Waals surface area contributed by atoms with E-state index in [0.29, 0.717) is 32.6 Å². The zero-order valence-electron chi connectivity index (χ0n) is 13.9. The van der Waals surface area contributed by atoms with Crippen LogP contribution in [0.15, 0.2) is 50.1 Å². The lowest BCUT2D eigenvalue weighted by molar-refractivity contribution is -0.384. The first kappa shape index (κ1) is 17.4. The highest BCUT2D eigenvalue weighted by molar-refractivity contribution is 7.98. The van der Waals surface area contributed by atoms with Crippen LogP contribution >= 0.6 is 23.1 Å². The Balaban J connectivity index is 1.52. The van der Waals surface area contributed by atoms with Gasteiger partial charge in [-0.3, -0.25) is 19.5 Å². The van der Waals surface area contributed by atoms with Crippen LogP contribution in [0.5, 0.6) is 0 Å². The molecule has 0 amide bonds. The third kappa shape index (κ3) is 3.34. The number of benzene rings is 1. The number of nitrogens with zero attached hydrogens (tertiary/aromatic N) is 5. The highest BCUT2D eigenvalue weighted by Crippen LogP contribution is 2.25. The van der Waals surface area contributed by atoms with Crippen LogP contribution in [0.1, 0.15) is 5.89 Å². The van der Waals surface area contributed by atoms with Gasteiger partial charge in [-0.1, -0.05) is 11.8 Å².